The molecular formula is C34H27Br2NO. The summed E-state index contributed by atoms with van der Waals surface area (Å²) >= 11 is 6.90. The fraction of sp³-hybridized carbons (Fsp3) is 0.0588. The summed E-state index contributed by atoms with van der Waals surface area (Å²) < 4.78 is 2.25. The van der Waals surface area contributed by atoms with Gasteiger partial charge in [-0.25, -0.2) is 0 Å². The van der Waals surface area contributed by atoms with E-state index in [4.69, 9.17) is 10.8 Å². The molecule has 4 heteroatoms. The van der Waals surface area contributed by atoms with Gasteiger partial charge >= 0.3 is 0 Å². The number of aromatic hydroxyl groups is 1. The number of nitrogens with two attached hydrogens (primary N) is 1. The van der Waals surface area contributed by atoms with Crippen molar-refractivity contribution in [3.8, 4) is 16.9 Å². The molecule has 0 bridgehead atoms. The van der Waals surface area contributed by atoms with E-state index in [0.717, 1.165) is 26.1 Å². The van der Waals surface area contributed by atoms with Gasteiger partial charge in [-0.05, 0) is 98.2 Å². The van der Waals surface area contributed by atoms with E-state index in [1.807, 2.05) is 54.6 Å². The Bertz CT molecular complexity index is 1710. The summed E-state index contributed by atoms with van der Waals surface area (Å²) in [7, 11) is 0. The largest absolute Gasteiger partial charge is 0.508 e. The number of phenolic OH excluding ortho intramolecular Hbond substituents is 1. The molecule has 0 saturated carbocycles. The molecule has 0 fully saturated rings. The van der Waals surface area contributed by atoms with Crippen molar-refractivity contribution in [2.45, 2.75) is 13.0 Å². The first-order chi connectivity index (χ1) is 18.5. The van der Waals surface area contributed by atoms with Crippen molar-refractivity contribution in [1.82, 2.24) is 0 Å². The lowest BCUT2D eigenvalue weighted by Crippen LogP contribution is -1.94. The van der Waals surface area contributed by atoms with Gasteiger partial charge in [0.1, 0.15) is 5.75 Å². The van der Waals surface area contributed by atoms with E-state index in [2.05, 4.69) is 86.5 Å². The van der Waals surface area contributed by atoms with Crippen LogP contribution in [-0.4, -0.2) is 5.11 Å². The van der Waals surface area contributed by atoms with Gasteiger partial charge in [-0.2, -0.15) is 0 Å². The van der Waals surface area contributed by atoms with Gasteiger partial charge in [-0.15, -0.1) is 0 Å². The minimum Gasteiger partial charge on any atom is -0.508 e. The first kappa shape index (κ1) is 26.2. The van der Waals surface area contributed by atoms with Crippen LogP contribution >= 0.6 is 31.9 Å². The van der Waals surface area contributed by atoms with Crippen LogP contribution in [0.25, 0.3) is 32.7 Å². The summed E-state index contributed by atoms with van der Waals surface area (Å²) in [5, 5.41) is 14.0. The van der Waals surface area contributed by atoms with E-state index in [9.17, 15) is 0 Å². The molecular weight excluding hydrogens is 598 g/mol. The molecule has 0 aliphatic heterocycles. The Morgan fingerprint density at radius 2 is 1.13 bits per heavy atom. The van der Waals surface area contributed by atoms with Crippen molar-refractivity contribution < 1.29 is 5.11 Å². The summed E-state index contributed by atoms with van der Waals surface area (Å²) in [6.45, 7) is 0.618. The van der Waals surface area contributed by atoms with E-state index < -0.39 is 0 Å². The number of hydrogen-bond acceptors (Lipinski definition) is 2. The Kier molecular flexibility index (Phi) is 8.23. The molecule has 188 valence electrons. The summed E-state index contributed by atoms with van der Waals surface area (Å²) in [6, 6.07) is 41.1. The molecule has 0 atom stereocenters. The molecule has 0 radical (unpaired) electrons. The zero-order valence-electron chi connectivity index (χ0n) is 20.7. The Morgan fingerprint density at radius 3 is 1.82 bits per heavy atom. The van der Waals surface area contributed by atoms with Crippen molar-refractivity contribution in [2.75, 3.05) is 0 Å². The predicted octanol–water partition coefficient (Wildman–Crippen LogP) is 9.63. The molecule has 38 heavy (non-hydrogen) atoms. The third-order valence-electron chi connectivity index (χ3n) is 6.60. The van der Waals surface area contributed by atoms with Crippen LogP contribution in [0, 0.1) is 0 Å². The Morgan fingerprint density at radius 1 is 0.553 bits per heavy atom. The topological polar surface area (TPSA) is 46.2 Å². The molecule has 0 heterocycles. The van der Waals surface area contributed by atoms with Gasteiger partial charge in [0.2, 0.25) is 0 Å². The van der Waals surface area contributed by atoms with Crippen LogP contribution in [0.1, 0.15) is 16.7 Å². The van der Waals surface area contributed by atoms with Crippen LogP contribution < -0.4 is 5.73 Å². The quantitative estimate of drug-likeness (QED) is 0.191. The molecule has 0 unspecified atom stereocenters. The van der Waals surface area contributed by atoms with E-state index in [1.165, 1.54) is 38.6 Å². The standard InChI is InChI=1S/C17H11Br.C10H8O.C7H8BrN/c18-15-6-5-13-8-14-7-11-3-1-2-4-12(11)9-16(14)17(13)10-15;11-10-6-5-8-3-1-2-4-9(8)7-10;8-7-3-1-6(5-9)2-4-7/h1-7,9-10H,8H2;1-7,11H;1-4H,5,9H2. The van der Waals surface area contributed by atoms with Crippen LogP contribution in [0.4, 0.5) is 0 Å². The first-order valence-electron chi connectivity index (χ1n) is 12.4. The highest BCUT2D eigenvalue weighted by Gasteiger charge is 2.18. The van der Waals surface area contributed by atoms with Crippen molar-refractivity contribution in [3.63, 3.8) is 0 Å². The molecule has 6 aromatic rings. The van der Waals surface area contributed by atoms with Gasteiger partial charge in [0.05, 0.1) is 0 Å². The smallest absolute Gasteiger partial charge is 0.116 e. The maximum Gasteiger partial charge on any atom is 0.116 e. The van der Waals surface area contributed by atoms with Gasteiger partial charge in [-0.1, -0.05) is 111 Å². The molecule has 0 saturated heterocycles. The molecule has 1 aliphatic carbocycles. The zero-order valence-corrected chi connectivity index (χ0v) is 23.9. The molecule has 2 nitrogen and oxygen atoms in total. The highest BCUT2D eigenvalue weighted by molar-refractivity contribution is 9.10. The fourth-order valence-corrected chi connectivity index (χ4v) is 5.27. The SMILES string of the molecule is Brc1ccc2c(c1)-c1cc3ccccc3cc1C2.NCc1ccc(Br)cc1.Oc1ccc2ccccc2c1. The zero-order chi connectivity index (χ0) is 26.5. The second kappa shape index (κ2) is 12.0. The maximum absolute atomic E-state index is 9.13. The number of fused-ring (bicyclic) bond motifs is 5. The minimum atomic E-state index is 0.323. The second-order valence-electron chi connectivity index (χ2n) is 9.20. The molecule has 3 N–H and O–H groups in total. The lowest BCUT2D eigenvalue weighted by atomic mass is 10.0. The average molecular weight is 625 g/mol. The molecule has 6 aromatic carbocycles. The molecule has 7 rings (SSSR count). The summed E-state index contributed by atoms with van der Waals surface area (Å²) in [4.78, 5) is 0. The fourth-order valence-electron chi connectivity index (χ4n) is 4.64. The maximum atomic E-state index is 9.13. The molecule has 0 aromatic heterocycles. The Hall–Kier alpha value is -3.44. The normalized spacial score (nSPS) is 11.1. The van der Waals surface area contributed by atoms with Crippen molar-refractivity contribution in [2.24, 2.45) is 5.73 Å². The average Bonchev–Trinajstić information content (AvgIpc) is 3.29. The van der Waals surface area contributed by atoms with Crippen LogP contribution in [0.2, 0.25) is 0 Å². The Labute approximate surface area is 240 Å². The number of rotatable bonds is 1. The van der Waals surface area contributed by atoms with Crippen LogP contribution in [-0.2, 0) is 13.0 Å². The van der Waals surface area contributed by atoms with Crippen LogP contribution in [0.15, 0.2) is 130 Å². The van der Waals surface area contributed by atoms with E-state index in [-0.39, 0.29) is 0 Å². The Balaban J connectivity index is 0.000000126. The lowest BCUT2D eigenvalue weighted by molar-refractivity contribution is 0.476. The predicted molar refractivity (Wildman–Crippen MR) is 168 cm³/mol. The van der Waals surface area contributed by atoms with Crippen molar-refractivity contribution >= 4 is 53.4 Å². The highest BCUT2D eigenvalue weighted by atomic mass is 79.9. The van der Waals surface area contributed by atoms with Crippen molar-refractivity contribution in [3.05, 3.63) is 147 Å². The first-order valence-corrected chi connectivity index (χ1v) is 14.0. The number of phenols is 1. The minimum absolute atomic E-state index is 0.323. The van der Waals surface area contributed by atoms with Gasteiger partial charge in [-0.3, -0.25) is 0 Å². The lowest BCUT2D eigenvalue weighted by Gasteiger charge is -2.04. The van der Waals surface area contributed by atoms with Crippen molar-refractivity contribution in [1.29, 1.82) is 0 Å². The molecule has 0 amide bonds. The molecule has 0 spiro atoms. The van der Waals surface area contributed by atoms with Crippen LogP contribution in [0.5, 0.6) is 5.75 Å². The van der Waals surface area contributed by atoms with Gasteiger partial charge < -0.3 is 10.8 Å². The van der Waals surface area contributed by atoms with Gasteiger partial charge in [0.15, 0.2) is 0 Å². The third-order valence-corrected chi connectivity index (χ3v) is 7.62. The van der Waals surface area contributed by atoms with Gasteiger partial charge in [0.25, 0.3) is 0 Å². The number of benzene rings is 6. The monoisotopic (exact) mass is 623 g/mol. The van der Waals surface area contributed by atoms with E-state index >= 15 is 0 Å². The van der Waals surface area contributed by atoms with Crippen LogP contribution in [0.3, 0.4) is 0 Å². The second-order valence-corrected chi connectivity index (χ2v) is 11.0. The number of hydrogen-bond donors (Lipinski definition) is 2. The van der Waals surface area contributed by atoms with E-state index in [0.29, 0.717) is 12.3 Å². The summed E-state index contributed by atoms with van der Waals surface area (Å²) in [5.74, 6) is 0.323. The number of halogens is 2. The highest BCUT2D eigenvalue weighted by Crippen LogP contribution is 2.40. The summed E-state index contributed by atoms with van der Waals surface area (Å²) in [5.41, 5.74) is 12.2. The van der Waals surface area contributed by atoms with Gasteiger partial charge in [0, 0.05) is 15.5 Å². The third kappa shape index (κ3) is 6.16. The van der Waals surface area contributed by atoms with E-state index in [1.54, 1.807) is 12.1 Å². The summed E-state index contributed by atoms with van der Waals surface area (Å²) in [6.07, 6.45) is 1.06. The molecule has 1 aliphatic rings.